The molecular formula is C8H17NO. The van der Waals surface area contributed by atoms with Gasteiger partial charge in [-0.1, -0.05) is 26.7 Å². The van der Waals surface area contributed by atoms with Crippen molar-refractivity contribution in [2.75, 3.05) is 0 Å². The van der Waals surface area contributed by atoms with Crippen LogP contribution in [0.4, 0.5) is 0 Å². The summed E-state index contributed by atoms with van der Waals surface area (Å²) < 4.78 is 0. The van der Waals surface area contributed by atoms with E-state index < -0.39 is 5.60 Å². The van der Waals surface area contributed by atoms with Gasteiger partial charge in [0.2, 0.25) is 0 Å². The van der Waals surface area contributed by atoms with Crippen LogP contribution in [0.25, 0.3) is 0 Å². The van der Waals surface area contributed by atoms with Crippen LogP contribution in [0.5, 0.6) is 0 Å². The Morgan fingerprint density at radius 3 is 1.90 bits per heavy atom. The minimum absolute atomic E-state index is 0.713. The monoisotopic (exact) mass is 143 g/mol. The van der Waals surface area contributed by atoms with Gasteiger partial charge < -0.3 is 10.5 Å². The Morgan fingerprint density at radius 1 is 1.30 bits per heavy atom. The number of rotatable bonds is 5. The molecule has 60 valence electrons. The highest BCUT2D eigenvalue weighted by Crippen LogP contribution is 2.16. The molecule has 2 heteroatoms. The maximum Gasteiger partial charge on any atom is 0.0989 e. The molecule has 0 bridgehead atoms. The molecule has 2 nitrogen and oxygen atoms in total. The Morgan fingerprint density at radius 2 is 1.70 bits per heavy atom. The van der Waals surface area contributed by atoms with E-state index in [-0.39, 0.29) is 0 Å². The Hall–Kier alpha value is -0.370. The van der Waals surface area contributed by atoms with Crippen LogP contribution >= 0.6 is 0 Å². The van der Waals surface area contributed by atoms with Crippen LogP contribution in [0.2, 0.25) is 0 Å². The quantitative estimate of drug-likeness (QED) is 0.568. The van der Waals surface area contributed by atoms with E-state index in [1.165, 1.54) is 6.21 Å². The molecule has 0 aromatic heterocycles. The lowest BCUT2D eigenvalue weighted by Crippen LogP contribution is -2.29. The van der Waals surface area contributed by atoms with Gasteiger partial charge in [0.05, 0.1) is 5.60 Å². The van der Waals surface area contributed by atoms with Crippen molar-refractivity contribution in [2.45, 2.75) is 45.1 Å². The smallest absolute Gasteiger partial charge is 0.0989 e. The van der Waals surface area contributed by atoms with Crippen LogP contribution in [0, 0.1) is 5.41 Å². The topological polar surface area (TPSA) is 44.1 Å². The van der Waals surface area contributed by atoms with Crippen LogP contribution in [0.1, 0.15) is 39.5 Å². The Kier molecular flexibility index (Phi) is 4.28. The number of nitrogens with one attached hydrogen (secondary N) is 1. The second-order valence-electron chi connectivity index (χ2n) is 2.75. The lowest BCUT2D eigenvalue weighted by atomic mass is 9.94. The molecule has 0 heterocycles. The molecule has 0 saturated heterocycles. The van der Waals surface area contributed by atoms with E-state index in [4.69, 9.17) is 5.41 Å². The van der Waals surface area contributed by atoms with Crippen LogP contribution in [0.15, 0.2) is 0 Å². The van der Waals surface area contributed by atoms with Gasteiger partial charge in [-0.2, -0.15) is 0 Å². The molecule has 0 fully saturated rings. The SMILES string of the molecule is CCCC(O)(C=N)CCC. The van der Waals surface area contributed by atoms with Crippen molar-refractivity contribution in [1.82, 2.24) is 0 Å². The third-order valence-electron chi connectivity index (χ3n) is 1.63. The highest BCUT2D eigenvalue weighted by molar-refractivity contribution is 5.64. The first kappa shape index (κ1) is 9.63. The average Bonchev–Trinajstić information content (AvgIpc) is 1.89. The Balaban J connectivity index is 3.81. The fourth-order valence-electron chi connectivity index (χ4n) is 1.14. The zero-order chi connectivity index (χ0) is 8.04. The van der Waals surface area contributed by atoms with E-state index in [1.54, 1.807) is 0 Å². The van der Waals surface area contributed by atoms with Crippen LogP contribution in [-0.4, -0.2) is 16.9 Å². The highest BCUT2D eigenvalue weighted by Gasteiger charge is 2.20. The van der Waals surface area contributed by atoms with Gasteiger partial charge in [-0.05, 0) is 12.8 Å². The van der Waals surface area contributed by atoms with Gasteiger partial charge >= 0.3 is 0 Å². The van der Waals surface area contributed by atoms with Crippen LogP contribution in [0.3, 0.4) is 0 Å². The summed E-state index contributed by atoms with van der Waals surface area (Å²) >= 11 is 0. The third kappa shape index (κ3) is 2.97. The second kappa shape index (κ2) is 4.45. The molecule has 0 radical (unpaired) electrons. The fourth-order valence-corrected chi connectivity index (χ4v) is 1.14. The zero-order valence-corrected chi connectivity index (χ0v) is 6.85. The Bertz CT molecular complexity index is 95.4. The van der Waals surface area contributed by atoms with Gasteiger partial charge in [0.1, 0.15) is 0 Å². The van der Waals surface area contributed by atoms with E-state index >= 15 is 0 Å². The van der Waals surface area contributed by atoms with E-state index in [0.717, 1.165) is 12.8 Å². The summed E-state index contributed by atoms with van der Waals surface area (Å²) in [6, 6.07) is 0. The van der Waals surface area contributed by atoms with Crippen molar-refractivity contribution in [1.29, 1.82) is 5.41 Å². The molecule has 0 aliphatic carbocycles. The van der Waals surface area contributed by atoms with Gasteiger partial charge in [0, 0.05) is 6.21 Å². The van der Waals surface area contributed by atoms with Crippen molar-refractivity contribution < 1.29 is 5.11 Å². The highest BCUT2D eigenvalue weighted by atomic mass is 16.3. The largest absolute Gasteiger partial charge is 0.384 e. The lowest BCUT2D eigenvalue weighted by Gasteiger charge is -2.21. The standard InChI is InChI=1S/C8H17NO/c1-3-5-8(10,7-9)6-4-2/h7,9-10H,3-6H2,1-2H3. The van der Waals surface area contributed by atoms with Crippen LogP contribution < -0.4 is 0 Å². The zero-order valence-electron chi connectivity index (χ0n) is 6.85. The Labute approximate surface area is 62.8 Å². The second-order valence-corrected chi connectivity index (χ2v) is 2.75. The molecule has 10 heavy (non-hydrogen) atoms. The van der Waals surface area contributed by atoms with E-state index in [0.29, 0.717) is 12.8 Å². The molecular weight excluding hydrogens is 126 g/mol. The summed E-state index contributed by atoms with van der Waals surface area (Å²) in [7, 11) is 0. The number of hydrogen-bond donors (Lipinski definition) is 2. The molecule has 0 spiro atoms. The van der Waals surface area contributed by atoms with E-state index in [9.17, 15) is 5.11 Å². The maximum absolute atomic E-state index is 9.58. The van der Waals surface area contributed by atoms with Crippen molar-refractivity contribution in [3.63, 3.8) is 0 Å². The molecule has 0 saturated carbocycles. The lowest BCUT2D eigenvalue weighted by molar-refractivity contribution is 0.0955. The van der Waals surface area contributed by atoms with Gasteiger partial charge in [-0.3, -0.25) is 0 Å². The minimum Gasteiger partial charge on any atom is -0.384 e. The molecule has 0 aliphatic rings. The molecule has 0 atom stereocenters. The maximum atomic E-state index is 9.58. The average molecular weight is 143 g/mol. The van der Waals surface area contributed by atoms with Gasteiger partial charge in [0.25, 0.3) is 0 Å². The summed E-state index contributed by atoms with van der Waals surface area (Å²) in [5, 5.41) is 16.6. The summed E-state index contributed by atoms with van der Waals surface area (Å²) in [6.07, 6.45) is 4.46. The third-order valence-corrected chi connectivity index (χ3v) is 1.63. The molecule has 0 rings (SSSR count). The fraction of sp³-hybridized carbons (Fsp3) is 0.875. The first-order chi connectivity index (χ1) is 4.68. The molecule has 0 aliphatic heterocycles. The molecule has 0 amide bonds. The number of hydrogen-bond acceptors (Lipinski definition) is 2. The molecule has 0 unspecified atom stereocenters. The molecule has 0 aromatic carbocycles. The molecule has 2 N–H and O–H groups in total. The normalized spacial score (nSPS) is 11.5. The predicted molar refractivity (Wildman–Crippen MR) is 43.5 cm³/mol. The number of aliphatic hydroxyl groups is 1. The van der Waals surface area contributed by atoms with Crippen LogP contribution in [-0.2, 0) is 0 Å². The van der Waals surface area contributed by atoms with Gasteiger partial charge in [0.15, 0.2) is 0 Å². The van der Waals surface area contributed by atoms with Gasteiger partial charge in [-0.15, -0.1) is 0 Å². The minimum atomic E-state index is -0.816. The molecule has 0 aromatic rings. The van der Waals surface area contributed by atoms with Crippen molar-refractivity contribution in [2.24, 2.45) is 0 Å². The first-order valence-corrected chi connectivity index (χ1v) is 3.92. The van der Waals surface area contributed by atoms with Crippen molar-refractivity contribution >= 4 is 6.21 Å². The summed E-state index contributed by atoms with van der Waals surface area (Å²) in [5.41, 5.74) is -0.816. The summed E-state index contributed by atoms with van der Waals surface area (Å²) in [4.78, 5) is 0. The first-order valence-electron chi connectivity index (χ1n) is 3.92. The predicted octanol–water partition coefficient (Wildman–Crippen LogP) is 1.97. The van der Waals surface area contributed by atoms with E-state index in [2.05, 4.69) is 0 Å². The summed E-state index contributed by atoms with van der Waals surface area (Å²) in [6.45, 7) is 4.04. The van der Waals surface area contributed by atoms with E-state index in [1.807, 2.05) is 13.8 Å². The van der Waals surface area contributed by atoms with Crippen molar-refractivity contribution in [3.8, 4) is 0 Å². The van der Waals surface area contributed by atoms with Crippen molar-refractivity contribution in [3.05, 3.63) is 0 Å². The summed E-state index contributed by atoms with van der Waals surface area (Å²) in [5.74, 6) is 0. The van der Waals surface area contributed by atoms with Gasteiger partial charge in [-0.25, -0.2) is 0 Å².